The van der Waals surface area contributed by atoms with Crippen LogP contribution in [0.15, 0.2) is 60.8 Å². The van der Waals surface area contributed by atoms with E-state index >= 15 is 0 Å². The van der Waals surface area contributed by atoms with E-state index in [-0.39, 0.29) is 18.1 Å². The van der Waals surface area contributed by atoms with E-state index in [2.05, 4.69) is 10.3 Å². The Labute approximate surface area is 219 Å². The van der Waals surface area contributed by atoms with Gasteiger partial charge in [-0.1, -0.05) is 26.0 Å². The van der Waals surface area contributed by atoms with Crippen molar-refractivity contribution in [2.45, 2.75) is 38.5 Å². The summed E-state index contributed by atoms with van der Waals surface area (Å²) in [7, 11) is 1.42. The molecule has 1 heterocycles. The number of ether oxygens (including phenoxy) is 2. The second-order valence-electron chi connectivity index (χ2n) is 9.18. The topological polar surface area (TPSA) is 63.4 Å². The predicted molar refractivity (Wildman–Crippen MR) is 134 cm³/mol. The molecule has 39 heavy (non-hydrogen) atoms. The van der Waals surface area contributed by atoms with Crippen LogP contribution in [0.5, 0.6) is 17.2 Å². The van der Waals surface area contributed by atoms with Crippen LogP contribution in [0.2, 0.25) is 0 Å². The van der Waals surface area contributed by atoms with Crippen LogP contribution >= 0.6 is 0 Å². The minimum atomic E-state index is -5.22. The number of rotatable bonds is 7. The monoisotopic (exact) mass is 550 g/mol. The van der Waals surface area contributed by atoms with Crippen molar-refractivity contribution in [2.24, 2.45) is 0 Å². The van der Waals surface area contributed by atoms with E-state index in [4.69, 9.17) is 9.47 Å². The van der Waals surface area contributed by atoms with Crippen molar-refractivity contribution in [1.29, 1.82) is 0 Å². The lowest BCUT2D eigenvalue weighted by Gasteiger charge is -2.21. The first-order valence-electron chi connectivity index (χ1n) is 11.8. The normalized spacial score (nSPS) is 12.2. The van der Waals surface area contributed by atoms with E-state index in [0.29, 0.717) is 34.3 Å². The Morgan fingerprint density at radius 2 is 1.59 bits per heavy atom. The number of aromatic amines is 1. The number of hydrogen-bond acceptors (Lipinski definition) is 3. The number of amides is 1. The highest BCUT2D eigenvalue weighted by Gasteiger charge is 2.43. The second-order valence-corrected chi connectivity index (χ2v) is 9.18. The average molecular weight is 550 g/mol. The lowest BCUT2D eigenvalue weighted by molar-refractivity contribution is -0.145. The van der Waals surface area contributed by atoms with Gasteiger partial charge in [0, 0.05) is 22.8 Å². The number of anilines is 1. The molecule has 0 radical (unpaired) electrons. The summed E-state index contributed by atoms with van der Waals surface area (Å²) in [5.41, 5.74) is -2.07. The first-order valence-corrected chi connectivity index (χ1v) is 11.8. The summed E-state index contributed by atoms with van der Waals surface area (Å²) in [6.07, 6.45) is -9.01. The summed E-state index contributed by atoms with van der Waals surface area (Å²) in [4.78, 5) is 15.5. The van der Waals surface area contributed by atoms with Gasteiger partial charge in [-0.15, -0.1) is 0 Å². The highest BCUT2D eigenvalue weighted by Crippen LogP contribution is 2.47. The Hall–Kier alpha value is -4.15. The number of alkyl halides is 6. The Bertz CT molecular complexity index is 1470. The Balaban J connectivity index is 1.74. The summed E-state index contributed by atoms with van der Waals surface area (Å²) in [5.74, 6) is -1.92. The molecule has 0 aliphatic heterocycles. The molecule has 0 spiro atoms. The van der Waals surface area contributed by atoms with E-state index < -0.39 is 40.8 Å². The molecule has 0 saturated carbocycles. The van der Waals surface area contributed by atoms with Gasteiger partial charge in [0.05, 0.1) is 13.5 Å². The molecule has 0 aliphatic carbocycles. The predicted octanol–water partition coefficient (Wildman–Crippen LogP) is 8.31. The van der Waals surface area contributed by atoms with Gasteiger partial charge in [0.15, 0.2) is 5.75 Å². The van der Waals surface area contributed by atoms with Crippen LogP contribution < -0.4 is 14.8 Å². The van der Waals surface area contributed by atoms with Crippen LogP contribution in [-0.4, -0.2) is 18.0 Å². The molecule has 0 fully saturated rings. The smallest absolute Gasteiger partial charge is 0.420 e. The molecular formula is C28H24F6N2O3. The molecule has 1 amide bonds. The Morgan fingerprint density at radius 1 is 0.923 bits per heavy atom. The third-order valence-corrected chi connectivity index (χ3v) is 6.01. The van der Waals surface area contributed by atoms with Gasteiger partial charge in [-0.25, -0.2) is 0 Å². The summed E-state index contributed by atoms with van der Waals surface area (Å²) in [6, 6.07) is 11.4. The Kier molecular flexibility index (Phi) is 7.54. The number of halogens is 6. The highest BCUT2D eigenvalue weighted by atomic mass is 19.4. The highest BCUT2D eigenvalue weighted by molar-refractivity contribution is 5.93. The van der Waals surface area contributed by atoms with E-state index in [9.17, 15) is 31.1 Å². The quantitative estimate of drug-likeness (QED) is 0.228. The number of aromatic nitrogens is 1. The van der Waals surface area contributed by atoms with Crippen LogP contribution in [0.25, 0.3) is 10.9 Å². The zero-order valence-electron chi connectivity index (χ0n) is 21.1. The summed E-state index contributed by atoms with van der Waals surface area (Å²) < 4.78 is 94.7. The van der Waals surface area contributed by atoms with Gasteiger partial charge in [-0.05, 0) is 59.5 Å². The molecule has 4 rings (SSSR count). The lowest BCUT2D eigenvalue weighted by Crippen LogP contribution is -2.18. The van der Waals surface area contributed by atoms with Gasteiger partial charge in [0.1, 0.15) is 22.6 Å². The zero-order chi connectivity index (χ0) is 28.5. The molecule has 11 heteroatoms. The standard InChI is InChI=1S/C28H24F6N2O3/c1-15(2)21-14-35-24-8-7-19(13-20(21)24)39-26-22(27(29,30)31)11-17(12-23(26)28(32,33)34)36-25(37)10-16-5-4-6-18(9-16)38-3/h4-9,11-15,35H,10H2,1-3H3,(H,36,37). The number of benzene rings is 3. The van der Waals surface area contributed by atoms with Crippen LogP contribution in [0.4, 0.5) is 32.0 Å². The van der Waals surface area contributed by atoms with Gasteiger partial charge in [-0.3, -0.25) is 4.79 Å². The van der Waals surface area contributed by atoms with Crippen molar-refractivity contribution in [3.05, 3.63) is 83.0 Å². The van der Waals surface area contributed by atoms with Crippen LogP contribution in [0, 0.1) is 0 Å². The molecule has 1 aromatic heterocycles. The number of carbonyl (C=O) groups excluding carboxylic acids is 1. The van der Waals surface area contributed by atoms with Crippen molar-refractivity contribution < 1.29 is 40.6 Å². The van der Waals surface area contributed by atoms with Gasteiger partial charge in [-0.2, -0.15) is 26.3 Å². The first-order chi connectivity index (χ1) is 18.3. The van der Waals surface area contributed by atoms with E-state index in [0.717, 1.165) is 5.56 Å². The number of nitrogens with one attached hydrogen (secondary N) is 2. The molecule has 2 N–H and O–H groups in total. The SMILES string of the molecule is COc1cccc(CC(=O)Nc2cc(C(F)(F)F)c(Oc3ccc4[nH]cc(C(C)C)c4c3)c(C(F)(F)F)c2)c1. The maximum Gasteiger partial charge on any atom is 0.420 e. The summed E-state index contributed by atoms with van der Waals surface area (Å²) >= 11 is 0. The fourth-order valence-corrected chi connectivity index (χ4v) is 4.19. The van der Waals surface area contributed by atoms with Gasteiger partial charge in [0.25, 0.3) is 0 Å². The van der Waals surface area contributed by atoms with Crippen molar-refractivity contribution >= 4 is 22.5 Å². The number of hydrogen-bond donors (Lipinski definition) is 2. The minimum absolute atomic E-state index is 0.0466. The molecule has 3 aromatic carbocycles. The molecule has 0 bridgehead atoms. The van der Waals surface area contributed by atoms with E-state index in [1.807, 2.05) is 13.8 Å². The number of H-pyrrole nitrogens is 1. The molecular weight excluding hydrogens is 526 g/mol. The third kappa shape index (κ3) is 6.30. The summed E-state index contributed by atoms with van der Waals surface area (Å²) in [5, 5.41) is 2.76. The zero-order valence-corrected chi connectivity index (χ0v) is 21.1. The lowest BCUT2D eigenvalue weighted by atomic mass is 10.0. The second kappa shape index (κ2) is 10.5. The fourth-order valence-electron chi connectivity index (χ4n) is 4.19. The van der Waals surface area contributed by atoms with Crippen molar-refractivity contribution in [3.63, 3.8) is 0 Å². The van der Waals surface area contributed by atoms with E-state index in [1.54, 1.807) is 24.4 Å². The molecule has 4 aromatic rings. The van der Waals surface area contributed by atoms with Crippen LogP contribution in [0.3, 0.4) is 0 Å². The van der Waals surface area contributed by atoms with Crippen molar-refractivity contribution in [1.82, 2.24) is 4.98 Å². The largest absolute Gasteiger partial charge is 0.497 e. The molecule has 5 nitrogen and oxygen atoms in total. The van der Waals surface area contributed by atoms with Crippen LogP contribution in [0.1, 0.15) is 42.0 Å². The molecule has 206 valence electrons. The minimum Gasteiger partial charge on any atom is -0.497 e. The van der Waals surface area contributed by atoms with Gasteiger partial charge < -0.3 is 19.8 Å². The fraction of sp³-hybridized carbons (Fsp3) is 0.250. The number of methoxy groups -OCH3 is 1. The molecule has 0 atom stereocenters. The van der Waals surface area contributed by atoms with Crippen molar-refractivity contribution in [3.8, 4) is 17.2 Å². The van der Waals surface area contributed by atoms with Gasteiger partial charge in [0.2, 0.25) is 5.91 Å². The average Bonchev–Trinajstić information content (AvgIpc) is 3.27. The molecule has 0 saturated heterocycles. The maximum atomic E-state index is 14.1. The molecule has 0 unspecified atom stereocenters. The third-order valence-electron chi connectivity index (χ3n) is 6.01. The van der Waals surface area contributed by atoms with Crippen LogP contribution in [-0.2, 0) is 23.6 Å². The first kappa shape index (κ1) is 27.9. The maximum absolute atomic E-state index is 14.1. The van der Waals surface area contributed by atoms with Gasteiger partial charge >= 0.3 is 12.4 Å². The van der Waals surface area contributed by atoms with Crippen molar-refractivity contribution in [2.75, 3.05) is 12.4 Å². The number of fused-ring (bicyclic) bond motifs is 1. The Morgan fingerprint density at radius 3 is 2.18 bits per heavy atom. The number of carbonyl (C=O) groups is 1. The van der Waals surface area contributed by atoms with E-state index in [1.165, 1.54) is 31.4 Å². The summed E-state index contributed by atoms with van der Waals surface area (Å²) in [6.45, 7) is 3.81. The molecule has 0 aliphatic rings.